The van der Waals surface area contributed by atoms with Gasteiger partial charge in [0.05, 0.1) is 17.2 Å². The Labute approximate surface area is 91.0 Å². The second-order valence-corrected chi connectivity index (χ2v) is 5.22. The number of thioether (sulfide) groups is 1. The molecule has 1 saturated heterocycles. The van der Waals surface area contributed by atoms with E-state index in [0.29, 0.717) is 5.88 Å². The first-order valence-electron chi connectivity index (χ1n) is 4.48. The van der Waals surface area contributed by atoms with Crippen LogP contribution in [0, 0.1) is 0 Å². The molecule has 1 aromatic heterocycles. The lowest BCUT2D eigenvalue weighted by Gasteiger charge is -2.03. The van der Waals surface area contributed by atoms with Crippen molar-refractivity contribution >= 4 is 29.1 Å². The average molecular weight is 229 g/mol. The molecular weight excluding hydrogens is 218 g/mol. The van der Waals surface area contributed by atoms with Gasteiger partial charge in [0.1, 0.15) is 0 Å². The normalized spacial score (nSPS) is 21.1. The molecule has 14 heavy (non-hydrogen) atoms. The van der Waals surface area contributed by atoms with Gasteiger partial charge in [-0.1, -0.05) is 0 Å². The molecule has 1 unspecified atom stereocenters. The van der Waals surface area contributed by atoms with E-state index >= 15 is 0 Å². The molecule has 5 heteroatoms. The Kier molecular flexibility index (Phi) is 3.08. The number of ketones is 1. The molecule has 0 aromatic carbocycles. The maximum absolute atomic E-state index is 11.9. The molecule has 1 fully saturated rings. The van der Waals surface area contributed by atoms with Crippen molar-refractivity contribution < 1.29 is 9.53 Å². The first kappa shape index (κ1) is 9.98. The van der Waals surface area contributed by atoms with Gasteiger partial charge in [0.25, 0.3) is 0 Å². The van der Waals surface area contributed by atoms with E-state index in [-0.39, 0.29) is 11.0 Å². The number of methoxy groups -OCH3 is 1. The van der Waals surface area contributed by atoms with Crippen LogP contribution in [0.3, 0.4) is 0 Å². The van der Waals surface area contributed by atoms with Crippen LogP contribution in [0.15, 0.2) is 6.07 Å². The maximum atomic E-state index is 11.9. The van der Waals surface area contributed by atoms with Gasteiger partial charge >= 0.3 is 0 Å². The van der Waals surface area contributed by atoms with Crippen molar-refractivity contribution in [3.63, 3.8) is 0 Å². The lowest BCUT2D eigenvalue weighted by Crippen LogP contribution is -2.12. The minimum Gasteiger partial charge on any atom is -0.480 e. The van der Waals surface area contributed by atoms with Crippen molar-refractivity contribution in [1.29, 1.82) is 0 Å². The van der Waals surface area contributed by atoms with Crippen molar-refractivity contribution in [2.45, 2.75) is 18.1 Å². The average Bonchev–Trinajstić information content (AvgIpc) is 2.88. The largest absolute Gasteiger partial charge is 0.480 e. The third-order valence-corrected chi connectivity index (χ3v) is 4.33. The minimum atomic E-state index is 0.153. The Balaban J connectivity index is 2.09. The van der Waals surface area contributed by atoms with Crippen LogP contribution in [-0.4, -0.2) is 28.3 Å². The van der Waals surface area contributed by atoms with Crippen LogP contribution in [0.1, 0.15) is 22.5 Å². The molecule has 2 heterocycles. The summed E-state index contributed by atoms with van der Waals surface area (Å²) in [5, 5.41) is 0.153. The number of aromatic nitrogens is 1. The minimum absolute atomic E-state index is 0.153. The van der Waals surface area contributed by atoms with Crippen LogP contribution < -0.4 is 4.74 Å². The van der Waals surface area contributed by atoms with Gasteiger partial charge in [-0.25, -0.2) is 0 Å². The van der Waals surface area contributed by atoms with E-state index in [0.717, 1.165) is 23.5 Å². The molecule has 0 aliphatic carbocycles. The number of carbonyl (C=O) groups is 1. The van der Waals surface area contributed by atoms with Gasteiger partial charge in [-0.15, -0.1) is 0 Å². The molecule has 1 aromatic rings. The van der Waals surface area contributed by atoms with E-state index in [1.807, 2.05) is 0 Å². The Hall–Kier alpha value is -0.550. The lowest BCUT2D eigenvalue weighted by atomic mass is 10.1. The van der Waals surface area contributed by atoms with Crippen molar-refractivity contribution in [2.24, 2.45) is 0 Å². The number of hydrogen-bond acceptors (Lipinski definition) is 5. The standard InChI is InChI=1S/C9H11NO2S2/c1-12-8-5-7(14-10-8)9(11)6-3-2-4-13-6/h5-6H,2-4H2,1H3. The Morgan fingerprint density at radius 3 is 3.14 bits per heavy atom. The highest BCUT2D eigenvalue weighted by atomic mass is 32.2. The van der Waals surface area contributed by atoms with Crippen LogP contribution in [0.25, 0.3) is 0 Å². The van der Waals surface area contributed by atoms with Crippen LogP contribution in [0.4, 0.5) is 0 Å². The molecule has 0 bridgehead atoms. The zero-order chi connectivity index (χ0) is 9.97. The Morgan fingerprint density at radius 2 is 2.57 bits per heavy atom. The van der Waals surface area contributed by atoms with E-state index in [9.17, 15) is 4.79 Å². The van der Waals surface area contributed by atoms with Crippen molar-refractivity contribution in [1.82, 2.24) is 4.37 Å². The van der Waals surface area contributed by atoms with Crippen LogP contribution in [0.2, 0.25) is 0 Å². The van der Waals surface area contributed by atoms with Gasteiger partial charge in [0.15, 0.2) is 5.78 Å². The quantitative estimate of drug-likeness (QED) is 0.745. The van der Waals surface area contributed by atoms with Gasteiger partial charge in [0.2, 0.25) is 5.88 Å². The number of carbonyl (C=O) groups excluding carboxylic acids is 1. The number of hydrogen-bond donors (Lipinski definition) is 0. The summed E-state index contributed by atoms with van der Waals surface area (Å²) >= 11 is 2.98. The second-order valence-electron chi connectivity index (χ2n) is 3.10. The van der Waals surface area contributed by atoms with Crippen LogP contribution in [0.5, 0.6) is 5.88 Å². The summed E-state index contributed by atoms with van der Waals surface area (Å²) < 4.78 is 8.96. The number of rotatable bonds is 3. The van der Waals surface area contributed by atoms with E-state index in [4.69, 9.17) is 4.74 Å². The molecule has 0 amide bonds. The number of ether oxygens (including phenoxy) is 1. The number of nitrogens with zero attached hydrogens (tertiary/aromatic N) is 1. The van der Waals surface area contributed by atoms with E-state index in [1.165, 1.54) is 11.5 Å². The van der Waals surface area contributed by atoms with E-state index in [1.54, 1.807) is 24.9 Å². The highest BCUT2D eigenvalue weighted by Crippen LogP contribution is 2.30. The highest BCUT2D eigenvalue weighted by Gasteiger charge is 2.26. The lowest BCUT2D eigenvalue weighted by molar-refractivity contribution is 0.0992. The molecule has 1 aliphatic heterocycles. The van der Waals surface area contributed by atoms with Gasteiger partial charge in [-0.3, -0.25) is 4.79 Å². The molecular formula is C9H11NO2S2. The topological polar surface area (TPSA) is 39.2 Å². The zero-order valence-electron chi connectivity index (χ0n) is 7.86. The molecule has 0 spiro atoms. The van der Waals surface area contributed by atoms with Crippen molar-refractivity contribution in [3.8, 4) is 5.88 Å². The van der Waals surface area contributed by atoms with Crippen LogP contribution >= 0.6 is 23.3 Å². The molecule has 0 N–H and O–H groups in total. The number of Topliss-reactive ketones (excluding diaryl/α,β-unsaturated/α-hetero) is 1. The molecule has 76 valence electrons. The van der Waals surface area contributed by atoms with Crippen molar-refractivity contribution in [2.75, 3.05) is 12.9 Å². The zero-order valence-corrected chi connectivity index (χ0v) is 9.49. The molecule has 1 atom stereocenters. The van der Waals surface area contributed by atoms with E-state index in [2.05, 4.69) is 4.37 Å². The fourth-order valence-electron chi connectivity index (χ4n) is 1.41. The third kappa shape index (κ3) is 1.93. The third-order valence-electron chi connectivity index (χ3n) is 2.16. The van der Waals surface area contributed by atoms with Gasteiger partial charge < -0.3 is 4.74 Å². The summed E-state index contributed by atoms with van der Waals surface area (Å²) in [6.45, 7) is 0. The fraction of sp³-hybridized carbons (Fsp3) is 0.556. The van der Waals surface area contributed by atoms with Crippen LogP contribution in [-0.2, 0) is 0 Å². The Bertz CT molecular complexity index is 331. The maximum Gasteiger partial charge on any atom is 0.225 e. The van der Waals surface area contributed by atoms with Gasteiger partial charge in [-0.2, -0.15) is 16.1 Å². The SMILES string of the molecule is COc1cc(C(=O)C2CCCS2)sn1. The molecule has 0 saturated carbocycles. The first-order chi connectivity index (χ1) is 6.81. The van der Waals surface area contributed by atoms with E-state index < -0.39 is 0 Å². The summed E-state index contributed by atoms with van der Waals surface area (Å²) in [5.74, 6) is 1.86. The first-order valence-corrected chi connectivity index (χ1v) is 6.30. The molecule has 1 aliphatic rings. The summed E-state index contributed by atoms with van der Waals surface area (Å²) in [7, 11) is 1.56. The van der Waals surface area contributed by atoms with Crippen molar-refractivity contribution in [3.05, 3.63) is 10.9 Å². The highest BCUT2D eigenvalue weighted by molar-refractivity contribution is 8.00. The summed E-state index contributed by atoms with van der Waals surface area (Å²) in [5.41, 5.74) is 0. The molecule has 0 radical (unpaired) electrons. The predicted molar refractivity (Wildman–Crippen MR) is 58.5 cm³/mol. The van der Waals surface area contributed by atoms with Gasteiger partial charge in [0, 0.05) is 6.07 Å². The second kappa shape index (κ2) is 4.31. The smallest absolute Gasteiger partial charge is 0.225 e. The fourth-order valence-corrected chi connectivity index (χ4v) is 3.42. The van der Waals surface area contributed by atoms with Gasteiger partial charge in [-0.05, 0) is 30.1 Å². The summed E-state index contributed by atoms with van der Waals surface area (Å²) in [6, 6.07) is 1.73. The monoisotopic (exact) mass is 229 g/mol. The molecule has 3 nitrogen and oxygen atoms in total. The summed E-state index contributed by atoms with van der Waals surface area (Å²) in [4.78, 5) is 12.6. The summed E-state index contributed by atoms with van der Waals surface area (Å²) in [6.07, 6.45) is 2.15. The Morgan fingerprint density at radius 1 is 1.71 bits per heavy atom. The molecule has 2 rings (SSSR count). The predicted octanol–water partition coefficient (Wildman–Crippen LogP) is 2.23.